The van der Waals surface area contributed by atoms with Crippen LogP contribution in [0.15, 0.2) is 42.5 Å². The highest BCUT2D eigenvalue weighted by atomic mass is 35.5. The number of amides is 1. The van der Waals surface area contributed by atoms with Gasteiger partial charge in [0.25, 0.3) is 5.91 Å². The maximum Gasteiger partial charge on any atom is 0.252 e. The molecule has 0 unspecified atom stereocenters. The number of fused-ring (bicyclic) bond motifs is 2. The van der Waals surface area contributed by atoms with Crippen LogP contribution in [-0.2, 0) is 4.79 Å². The average Bonchev–Trinajstić information content (AvgIpc) is 3.31. The molecule has 4 rings (SSSR count). The Morgan fingerprint density at radius 2 is 1.97 bits per heavy atom. The number of hydrogen-bond acceptors (Lipinski definition) is 6. The van der Waals surface area contributed by atoms with Gasteiger partial charge in [0.1, 0.15) is 0 Å². The lowest BCUT2D eigenvalue weighted by molar-refractivity contribution is -0.114. The van der Waals surface area contributed by atoms with Crippen LogP contribution in [0.3, 0.4) is 0 Å². The Bertz CT molecular complexity index is 1040. The van der Waals surface area contributed by atoms with Crippen LogP contribution in [0.4, 0.5) is 5.13 Å². The minimum Gasteiger partial charge on any atom is -0.454 e. The van der Waals surface area contributed by atoms with E-state index in [9.17, 15) is 4.79 Å². The van der Waals surface area contributed by atoms with Crippen molar-refractivity contribution in [3.63, 3.8) is 0 Å². The molecule has 0 spiro atoms. The van der Waals surface area contributed by atoms with Crippen LogP contribution in [-0.4, -0.2) is 49.8 Å². The van der Waals surface area contributed by atoms with Crippen molar-refractivity contribution in [1.82, 2.24) is 9.88 Å². The first-order valence-corrected chi connectivity index (χ1v) is 10.3. The van der Waals surface area contributed by atoms with Crippen LogP contribution in [0.1, 0.15) is 5.56 Å². The van der Waals surface area contributed by atoms with Gasteiger partial charge in [-0.05, 0) is 31.8 Å². The lowest BCUT2D eigenvalue weighted by Crippen LogP contribution is -2.35. The van der Waals surface area contributed by atoms with E-state index in [1.165, 1.54) is 17.4 Å². The lowest BCUT2D eigenvalue weighted by atomic mass is 10.2. The molecule has 0 radical (unpaired) electrons. The summed E-state index contributed by atoms with van der Waals surface area (Å²) in [5.41, 5.74) is 1.58. The quantitative estimate of drug-likeness (QED) is 0.547. The van der Waals surface area contributed by atoms with Gasteiger partial charge in [0.2, 0.25) is 6.79 Å². The molecule has 6 nitrogen and oxygen atoms in total. The maximum absolute atomic E-state index is 13.0. The standard InChI is InChI=1S/C21H20ClN3O3S/c1-24(2)9-10-25(20(26)8-7-14-5-3-4-6-15(14)22)21-23-16-11-17-18(28-13-27-17)12-19(16)29-21/h3-8,11-12H,9-10,13H2,1-2H3. The van der Waals surface area contributed by atoms with E-state index in [4.69, 9.17) is 21.1 Å². The molecule has 1 aromatic heterocycles. The minimum absolute atomic E-state index is 0.147. The van der Waals surface area contributed by atoms with Gasteiger partial charge in [-0.15, -0.1) is 0 Å². The van der Waals surface area contributed by atoms with E-state index in [0.29, 0.717) is 34.7 Å². The Morgan fingerprint density at radius 1 is 1.21 bits per heavy atom. The Hall–Kier alpha value is -2.61. The molecule has 2 heterocycles. The van der Waals surface area contributed by atoms with E-state index in [-0.39, 0.29) is 12.7 Å². The first kappa shape index (κ1) is 19.7. The van der Waals surface area contributed by atoms with Crippen molar-refractivity contribution in [1.29, 1.82) is 0 Å². The molecule has 150 valence electrons. The number of rotatable bonds is 6. The van der Waals surface area contributed by atoms with E-state index >= 15 is 0 Å². The number of carbonyl (C=O) groups is 1. The molecule has 0 N–H and O–H groups in total. The molecular formula is C21H20ClN3O3S. The van der Waals surface area contributed by atoms with Gasteiger partial charge in [0.05, 0.1) is 10.2 Å². The zero-order valence-corrected chi connectivity index (χ0v) is 17.7. The summed E-state index contributed by atoms with van der Waals surface area (Å²) < 4.78 is 11.8. The summed E-state index contributed by atoms with van der Waals surface area (Å²) in [6.45, 7) is 1.45. The normalized spacial score (nSPS) is 13.0. The highest BCUT2D eigenvalue weighted by Crippen LogP contribution is 2.39. The van der Waals surface area contributed by atoms with Crippen molar-refractivity contribution < 1.29 is 14.3 Å². The molecule has 0 fully saturated rings. The van der Waals surface area contributed by atoms with Crippen molar-refractivity contribution >= 4 is 50.3 Å². The van der Waals surface area contributed by atoms with Crippen molar-refractivity contribution in [2.75, 3.05) is 38.9 Å². The fourth-order valence-electron chi connectivity index (χ4n) is 2.88. The topological polar surface area (TPSA) is 54.9 Å². The van der Waals surface area contributed by atoms with Crippen LogP contribution >= 0.6 is 22.9 Å². The van der Waals surface area contributed by atoms with Gasteiger partial charge < -0.3 is 14.4 Å². The van der Waals surface area contributed by atoms with E-state index in [1.807, 2.05) is 49.3 Å². The SMILES string of the molecule is CN(C)CCN(C(=O)C=Cc1ccccc1Cl)c1nc2cc3c(cc2s1)OCO3. The molecule has 0 atom stereocenters. The number of hydrogen-bond donors (Lipinski definition) is 0. The van der Waals surface area contributed by atoms with Crippen LogP contribution in [0.2, 0.25) is 5.02 Å². The number of nitrogens with zero attached hydrogens (tertiary/aromatic N) is 3. The molecule has 1 aliphatic rings. The summed E-state index contributed by atoms with van der Waals surface area (Å²) in [6.07, 6.45) is 3.27. The maximum atomic E-state index is 13.0. The second kappa shape index (κ2) is 8.41. The summed E-state index contributed by atoms with van der Waals surface area (Å²) in [4.78, 5) is 21.4. The number of halogens is 1. The second-order valence-electron chi connectivity index (χ2n) is 6.82. The van der Waals surface area contributed by atoms with Gasteiger partial charge in [0.15, 0.2) is 16.6 Å². The summed E-state index contributed by atoms with van der Waals surface area (Å²) in [6, 6.07) is 11.2. The number of anilines is 1. The first-order chi connectivity index (χ1) is 14.0. The lowest BCUT2D eigenvalue weighted by Gasteiger charge is -2.20. The van der Waals surface area contributed by atoms with Gasteiger partial charge in [-0.2, -0.15) is 0 Å². The van der Waals surface area contributed by atoms with Crippen molar-refractivity contribution in [3.8, 4) is 11.5 Å². The highest BCUT2D eigenvalue weighted by molar-refractivity contribution is 7.22. The molecule has 0 aliphatic carbocycles. The van der Waals surface area contributed by atoms with Gasteiger partial charge >= 0.3 is 0 Å². The van der Waals surface area contributed by atoms with Crippen LogP contribution < -0.4 is 14.4 Å². The smallest absolute Gasteiger partial charge is 0.252 e. The Morgan fingerprint density at radius 3 is 2.72 bits per heavy atom. The third-order valence-corrected chi connectivity index (χ3v) is 5.84. The fourth-order valence-corrected chi connectivity index (χ4v) is 4.09. The Kier molecular flexibility index (Phi) is 5.71. The summed E-state index contributed by atoms with van der Waals surface area (Å²) in [5, 5.41) is 1.24. The van der Waals surface area contributed by atoms with E-state index in [1.54, 1.807) is 17.0 Å². The number of benzene rings is 2. The zero-order chi connectivity index (χ0) is 20.4. The molecule has 0 saturated heterocycles. The van der Waals surface area contributed by atoms with Crippen LogP contribution in [0, 0.1) is 0 Å². The summed E-state index contributed by atoms with van der Waals surface area (Å²) in [7, 11) is 3.94. The number of likely N-dealkylation sites (N-methyl/N-ethyl adjacent to an activating group) is 1. The molecule has 0 saturated carbocycles. The van der Waals surface area contributed by atoms with Gasteiger partial charge in [-0.1, -0.05) is 41.1 Å². The molecule has 2 aromatic carbocycles. The predicted molar refractivity (Wildman–Crippen MR) is 117 cm³/mol. The summed E-state index contributed by atoms with van der Waals surface area (Å²) >= 11 is 7.65. The van der Waals surface area contributed by atoms with E-state index in [0.717, 1.165) is 15.8 Å². The largest absolute Gasteiger partial charge is 0.454 e. The Balaban J connectivity index is 1.63. The zero-order valence-electron chi connectivity index (χ0n) is 16.1. The monoisotopic (exact) mass is 429 g/mol. The molecule has 3 aromatic rings. The van der Waals surface area contributed by atoms with Crippen molar-refractivity contribution in [3.05, 3.63) is 53.1 Å². The molecule has 1 aliphatic heterocycles. The molecule has 8 heteroatoms. The second-order valence-corrected chi connectivity index (χ2v) is 8.23. The first-order valence-electron chi connectivity index (χ1n) is 9.10. The van der Waals surface area contributed by atoms with E-state index < -0.39 is 0 Å². The highest BCUT2D eigenvalue weighted by Gasteiger charge is 2.21. The fraction of sp³-hybridized carbons (Fsp3) is 0.238. The van der Waals surface area contributed by atoms with Crippen LogP contribution in [0.5, 0.6) is 11.5 Å². The number of thiazole rings is 1. The summed E-state index contributed by atoms with van der Waals surface area (Å²) in [5.74, 6) is 1.24. The third kappa shape index (κ3) is 4.37. The predicted octanol–water partition coefficient (Wildman–Crippen LogP) is 4.29. The van der Waals surface area contributed by atoms with Crippen molar-refractivity contribution in [2.45, 2.75) is 0 Å². The minimum atomic E-state index is -0.147. The number of ether oxygens (including phenoxy) is 2. The third-order valence-electron chi connectivity index (χ3n) is 4.45. The number of carbonyl (C=O) groups excluding carboxylic acids is 1. The molecular weight excluding hydrogens is 410 g/mol. The molecule has 29 heavy (non-hydrogen) atoms. The van der Waals surface area contributed by atoms with Crippen LogP contribution in [0.25, 0.3) is 16.3 Å². The van der Waals surface area contributed by atoms with Gasteiger partial charge in [-0.25, -0.2) is 4.98 Å². The van der Waals surface area contributed by atoms with Gasteiger partial charge in [-0.3, -0.25) is 9.69 Å². The Labute approximate surface area is 177 Å². The van der Waals surface area contributed by atoms with Gasteiger partial charge in [0, 0.05) is 36.3 Å². The van der Waals surface area contributed by atoms with Crippen molar-refractivity contribution in [2.24, 2.45) is 0 Å². The average molecular weight is 430 g/mol. The molecule has 1 amide bonds. The molecule has 0 bridgehead atoms. The number of aromatic nitrogens is 1. The van der Waals surface area contributed by atoms with E-state index in [2.05, 4.69) is 4.98 Å².